The van der Waals surface area contributed by atoms with E-state index < -0.39 is 0 Å². The molecule has 2 saturated heterocycles. The Morgan fingerprint density at radius 3 is 2.76 bits per heavy atom. The van der Waals surface area contributed by atoms with Gasteiger partial charge in [-0.05, 0) is 32.6 Å². The number of nitrogens with one attached hydrogen (secondary N) is 1. The first-order chi connectivity index (χ1) is 9.97. The summed E-state index contributed by atoms with van der Waals surface area (Å²) in [6, 6.07) is 0.242. The van der Waals surface area contributed by atoms with Gasteiger partial charge in [0.05, 0.1) is 11.3 Å². The lowest BCUT2D eigenvalue weighted by Gasteiger charge is -2.41. The Bertz CT molecular complexity index is 593. The van der Waals surface area contributed by atoms with Crippen LogP contribution in [0.15, 0.2) is 0 Å². The Kier molecular flexibility index (Phi) is 3.47. The summed E-state index contributed by atoms with van der Waals surface area (Å²) >= 11 is 0. The molecule has 2 aliphatic heterocycles. The molecule has 1 aromatic heterocycles. The van der Waals surface area contributed by atoms with E-state index in [1.807, 2.05) is 25.8 Å². The van der Waals surface area contributed by atoms with E-state index in [1.54, 1.807) is 4.68 Å². The molecule has 0 saturated carbocycles. The van der Waals surface area contributed by atoms with Gasteiger partial charge in [0.25, 0.3) is 5.91 Å². The van der Waals surface area contributed by atoms with Gasteiger partial charge in [0.1, 0.15) is 0 Å². The molecule has 2 atom stereocenters. The highest BCUT2D eigenvalue weighted by Gasteiger charge is 2.36. The molecule has 0 radical (unpaired) electrons. The SMILES string of the molecule is Cc1nn(C)c(C)c1C(=O)N1CCC2NC(=O)CCC2C1. The third-order valence-electron chi connectivity index (χ3n) is 4.83. The summed E-state index contributed by atoms with van der Waals surface area (Å²) in [6.45, 7) is 5.25. The molecule has 3 heterocycles. The van der Waals surface area contributed by atoms with E-state index in [9.17, 15) is 9.59 Å². The third kappa shape index (κ3) is 2.43. The van der Waals surface area contributed by atoms with Crippen LogP contribution in [0, 0.1) is 19.8 Å². The van der Waals surface area contributed by atoms with Crippen molar-refractivity contribution < 1.29 is 9.59 Å². The van der Waals surface area contributed by atoms with Gasteiger partial charge in [0.15, 0.2) is 0 Å². The number of hydrogen-bond donors (Lipinski definition) is 1. The lowest BCUT2D eigenvalue weighted by atomic mass is 9.85. The van der Waals surface area contributed by atoms with Crippen LogP contribution >= 0.6 is 0 Å². The van der Waals surface area contributed by atoms with Crippen molar-refractivity contribution in [3.8, 4) is 0 Å². The van der Waals surface area contributed by atoms with Crippen molar-refractivity contribution in [2.24, 2.45) is 13.0 Å². The van der Waals surface area contributed by atoms with E-state index in [1.165, 1.54) is 0 Å². The van der Waals surface area contributed by atoms with E-state index in [-0.39, 0.29) is 17.9 Å². The topological polar surface area (TPSA) is 67.2 Å². The van der Waals surface area contributed by atoms with E-state index >= 15 is 0 Å². The van der Waals surface area contributed by atoms with Crippen molar-refractivity contribution in [3.63, 3.8) is 0 Å². The van der Waals surface area contributed by atoms with Gasteiger partial charge in [0.2, 0.25) is 5.91 Å². The zero-order valence-corrected chi connectivity index (χ0v) is 12.8. The van der Waals surface area contributed by atoms with Gasteiger partial charge in [-0.2, -0.15) is 5.10 Å². The molecule has 1 N–H and O–H groups in total. The first-order valence-electron chi connectivity index (χ1n) is 7.56. The first kappa shape index (κ1) is 14.1. The summed E-state index contributed by atoms with van der Waals surface area (Å²) in [5.74, 6) is 0.612. The standard InChI is InChI=1S/C15H22N4O2/c1-9-14(10(2)18(3)17-9)15(21)19-7-6-12-11(8-19)4-5-13(20)16-12/h11-12H,4-8H2,1-3H3,(H,16,20). The predicted molar refractivity (Wildman–Crippen MR) is 77.9 cm³/mol. The van der Waals surface area contributed by atoms with Gasteiger partial charge in [-0.15, -0.1) is 0 Å². The Hall–Kier alpha value is -1.85. The molecule has 0 spiro atoms. The van der Waals surface area contributed by atoms with Crippen LogP contribution in [0.1, 0.15) is 41.0 Å². The smallest absolute Gasteiger partial charge is 0.257 e. The van der Waals surface area contributed by atoms with Crippen molar-refractivity contribution in [1.29, 1.82) is 0 Å². The van der Waals surface area contributed by atoms with Crippen LogP contribution in [0.4, 0.5) is 0 Å². The van der Waals surface area contributed by atoms with Crippen molar-refractivity contribution in [2.45, 2.75) is 39.2 Å². The predicted octanol–water partition coefficient (Wildman–Crippen LogP) is 0.778. The molecule has 6 nitrogen and oxygen atoms in total. The molecule has 0 bridgehead atoms. The molecule has 2 fully saturated rings. The van der Waals surface area contributed by atoms with E-state index in [0.29, 0.717) is 18.9 Å². The largest absolute Gasteiger partial charge is 0.353 e. The number of nitrogens with zero attached hydrogens (tertiary/aromatic N) is 3. The lowest BCUT2D eigenvalue weighted by molar-refractivity contribution is -0.125. The zero-order valence-electron chi connectivity index (χ0n) is 12.8. The fraction of sp³-hybridized carbons (Fsp3) is 0.667. The number of fused-ring (bicyclic) bond motifs is 1. The number of carbonyl (C=O) groups is 2. The average molecular weight is 290 g/mol. The molecule has 21 heavy (non-hydrogen) atoms. The van der Waals surface area contributed by atoms with Gasteiger partial charge >= 0.3 is 0 Å². The van der Waals surface area contributed by atoms with Gasteiger partial charge in [-0.1, -0.05) is 0 Å². The summed E-state index contributed by atoms with van der Waals surface area (Å²) < 4.78 is 1.76. The second-order valence-corrected chi connectivity index (χ2v) is 6.18. The lowest BCUT2D eigenvalue weighted by Crippen LogP contribution is -2.55. The van der Waals surface area contributed by atoms with Crippen LogP contribution in [-0.4, -0.2) is 45.6 Å². The fourth-order valence-corrected chi connectivity index (χ4v) is 3.54. The van der Waals surface area contributed by atoms with Gasteiger partial charge in [0, 0.05) is 38.3 Å². The molecule has 3 rings (SSSR count). The monoisotopic (exact) mass is 290 g/mol. The molecular weight excluding hydrogens is 268 g/mol. The number of amides is 2. The number of piperidine rings is 2. The third-order valence-corrected chi connectivity index (χ3v) is 4.83. The summed E-state index contributed by atoms with van der Waals surface area (Å²) in [5.41, 5.74) is 2.44. The average Bonchev–Trinajstić information content (AvgIpc) is 2.71. The minimum atomic E-state index is 0.0773. The normalized spacial score (nSPS) is 25.5. The molecule has 2 aliphatic rings. The van der Waals surface area contributed by atoms with Crippen molar-refractivity contribution in [2.75, 3.05) is 13.1 Å². The maximum absolute atomic E-state index is 12.8. The minimum Gasteiger partial charge on any atom is -0.353 e. The molecule has 2 amide bonds. The Labute approximate surface area is 124 Å². The van der Waals surface area contributed by atoms with E-state index in [2.05, 4.69) is 10.4 Å². The molecule has 2 unspecified atom stereocenters. The zero-order chi connectivity index (χ0) is 15.1. The highest BCUT2D eigenvalue weighted by molar-refractivity contribution is 5.96. The van der Waals surface area contributed by atoms with Gasteiger partial charge < -0.3 is 10.2 Å². The van der Waals surface area contributed by atoms with Crippen molar-refractivity contribution in [3.05, 3.63) is 17.0 Å². The number of likely N-dealkylation sites (tertiary alicyclic amines) is 1. The molecule has 6 heteroatoms. The molecule has 114 valence electrons. The van der Waals surface area contributed by atoms with Crippen molar-refractivity contribution in [1.82, 2.24) is 20.0 Å². The molecular formula is C15H22N4O2. The number of rotatable bonds is 1. The van der Waals surface area contributed by atoms with Crippen LogP contribution in [0.5, 0.6) is 0 Å². The highest BCUT2D eigenvalue weighted by atomic mass is 16.2. The summed E-state index contributed by atoms with van der Waals surface area (Å²) in [5, 5.41) is 7.38. The van der Waals surface area contributed by atoms with Crippen LogP contribution in [0.3, 0.4) is 0 Å². The highest BCUT2D eigenvalue weighted by Crippen LogP contribution is 2.27. The summed E-state index contributed by atoms with van der Waals surface area (Å²) in [7, 11) is 1.86. The number of aromatic nitrogens is 2. The van der Waals surface area contributed by atoms with Gasteiger partial charge in [-0.3, -0.25) is 14.3 Å². The Balaban J connectivity index is 1.76. The second-order valence-electron chi connectivity index (χ2n) is 6.18. The summed E-state index contributed by atoms with van der Waals surface area (Å²) in [6.07, 6.45) is 2.31. The maximum Gasteiger partial charge on any atom is 0.257 e. The Morgan fingerprint density at radius 2 is 2.10 bits per heavy atom. The quantitative estimate of drug-likeness (QED) is 0.831. The van der Waals surface area contributed by atoms with E-state index in [4.69, 9.17) is 0 Å². The van der Waals surface area contributed by atoms with Gasteiger partial charge in [-0.25, -0.2) is 0 Å². The van der Waals surface area contributed by atoms with E-state index in [0.717, 1.165) is 36.3 Å². The number of hydrogen-bond acceptors (Lipinski definition) is 3. The number of carbonyl (C=O) groups excluding carboxylic acids is 2. The molecule has 1 aromatic rings. The first-order valence-corrected chi connectivity index (χ1v) is 7.56. The maximum atomic E-state index is 12.8. The Morgan fingerprint density at radius 1 is 1.33 bits per heavy atom. The fourth-order valence-electron chi connectivity index (χ4n) is 3.54. The summed E-state index contributed by atoms with van der Waals surface area (Å²) in [4.78, 5) is 26.1. The molecule has 0 aliphatic carbocycles. The second kappa shape index (κ2) is 5.16. The van der Waals surface area contributed by atoms with Crippen molar-refractivity contribution >= 4 is 11.8 Å². The number of aryl methyl sites for hydroxylation is 2. The molecule has 0 aromatic carbocycles. The van der Waals surface area contributed by atoms with Crippen LogP contribution in [0.2, 0.25) is 0 Å². The minimum absolute atomic E-state index is 0.0773. The van der Waals surface area contributed by atoms with Crippen LogP contribution in [0.25, 0.3) is 0 Å². The van der Waals surface area contributed by atoms with Crippen LogP contribution in [-0.2, 0) is 11.8 Å². The van der Waals surface area contributed by atoms with Crippen LogP contribution < -0.4 is 5.32 Å².